The van der Waals surface area contributed by atoms with Crippen LogP contribution in [0.1, 0.15) is 34.5 Å². The number of carbonyl (C=O) groups is 1. The Hall–Kier alpha value is -4.31. The molecule has 41 heavy (non-hydrogen) atoms. The molecule has 1 aliphatic carbocycles. The van der Waals surface area contributed by atoms with Crippen LogP contribution >= 0.6 is 0 Å². The fraction of sp³-hybridized carbons (Fsp3) is 0.355. The number of aryl methyl sites for hydroxylation is 1. The van der Waals surface area contributed by atoms with Crippen molar-refractivity contribution in [3.63, 3.8) is 0 Å². The van der Waals surface area contributed by atoms with E-state index in [2.05, 4.69) is 27.1 Å². The fourth-order valence-electron chi connectivity index (χ4n) is 7.16. The number of rotatable bonds is 4. The van der Waals surface area contributed by atoms with E-state index in [0.29, 0.717) is 29.6 Å². The monoisotopic (exact) mass is 554 g/mol. The summed E-state index contributed by atoms with van der Waals surface area (Å²) in [5, 5.41) is 13.0. The number of pyridine rings is 3. The van der Waals surface area contributed by atoms with Crippen LogP contribution in [0.5, 0.6) is 0 Å². The van der Waals surface area contributed by atoms with Gasteiger partial charge in [-0.2, -0.15) is 0 Å². The highest BCUT2D eigenvalue weighted by Gasteiger charge is 2.39. The normalized spacial score (nSPS) is 19.8. The third kappa shape index (κ3) is 3.92. The summed E-state index contributed by atoms with van der Waals surface area (Å²) in [6, 6.07) is 5.26. The predicted octanol–water partition coefficient (Wildman–Crippen LogP) is 3.98. The van der Waals surface area contributed by atoms with E-state index in [1.165, 1.54) is 18.7 Å². The van der Waals surface area contributed by atoms with Crippen molar-refractivity contribution in [2.45, 2.75) is 25.3 Å². The molecule has 0 amide bonds. The Balaban J connectivity index is 1.47. The van der Waals surface area contributed by atoms with Crippen molar-refractivity contribution in [2.75, 3.05) is 43.9 Å². The number of nitrogens with zero attached hydrogens (tertiary/aromatic N) is 5. The minimum Gasteiger partial charge on any atom is -0.477 e. The first-order valence-electron chi connectivity index (χ1n) is 14.0. The first kappa shape index (κ1) is 25.6. The molecule has 2 saturated heterocycles. The minimum atomic E-state index is -1.28. The molecule has 0 spiro atoms. The lowest BCUT2D eigenvalue weighted by molar-refractivity contribution is 0.0695. The molecule has 9 nitrogen and oxygen atoms in total. The molecule has 4 aromatic rings. The third-order valence-electron chi connectivity index (χ3n) is 9.24. The molecule has 0 unspecified atom stereocenters. The Morgan fingerprint density at radius 3 is 2.68 bits per heavy atom. The van der Waals surface area contributed by atoms with E-state index < -0.39 is 11.4 Å². The van der Waals surface area contributed by atoms with E-state index in [-0.39, 0.29) is 16.8 Å². The number of nitrogens with one attached hydrogen (secondary N) is 1. The molecule has 210 valence electrons. The van der Waals surface area contributed by atoms with E-state index in [1.807, 2.05) is 6.20 Å². The second-order valence-corrected chi connectivity index (χ2v) is 11.5. The number of piperidine rings is 1. The average Bonchev–Trinajstić information content (AvgIpc) is 3.53. The second kappa shape index (κ2) is 9.37. The van der Waals surface area contributed by atoms with Crippen molar-refractivity contribution in [3.05, 3.63) is 69.7 Å². The molecule has 5 heterocycles. The Morgan fingerprint density at radius 2 is 1.90 bits per heavy atom. The summed E-state index contributed by atoms with van der Waals surface area (Å²) >= 11 is 0. The van der Waals surface area contributed by atoms with Gasteiger partial charge in [-0.3, -0.25) is 9.78 Å². The molecule has 2 atom stereocenters. The van der Waals surface area contributed by atoms with Gasteiger partial charge in [0.2, 0.25) is 5.43 Å². The number of halogens is 1. The van der Waals surface area contributed by atoms with Crippen LogP contribution in [0, 0.1) is 11.7 Å². The lowest BCUT2D eigenvalue weighted by Crippen LogP contribution is -2.47. The first-order chi connectivity index (χ1) is 19.7. The van der Waals surface area contributed by atoms with Gasteiger partial charge in [-0.05, 0) is 61.7 Å². The maximum atomic E-state index is 14.9. The largest absolute Gasteiger partial charge is 0.477 e. The molecule has 3 aliphatic rings. The number of anilines is 2. The van der Waals surface area contributed by atoms with Gasteiger partial charge in [-0.1, -0.05) is 0 Å². The van der Waals surface area contributed by atoms with Gasteiger partial charge >= 0.3 is 5.97 Å². The van der Waals surface area contributed by atoms with Gasteiger partial charge in [0, 0.05) is 80.6 Å². The molecule has 2 N–H and O–H groups in total. The molecule has 7 rings (SSSR count). The van der Waals surface area contributed by atoms with Crippen LogP contribution in [-0.2, 0) is 13.5 Å². The minimum absolute atomic E-state index is 0.231. The predicted molar refractivity (Wildman–Crippen MR) is 156 cm³/mol. The van der Waals surface area contributed by atoms with Crippen LogP contribution in [-0.4, -0.2) is 70.3 Å². The first-order valence-corrected chi connectivity index (χ1v) is 14.0. The summed E-state index contributed by atoms with van der Waals surface area (Å²) in [5.74, 6) is -0.945. The van der Waals surface area contributed by atoms with E-state index in [0.717, 1.165) is 65.4 Å². The van der Waals surface area contributed by atoms with Crippen molar-refractivity contribution in [1.82, 2.24) is 19.4 Å². The van der Waals surface area contributed by atoms with Gasteiger partial charge in [0.15, 0.2) is 0 Å². The number of carboxylic acid groups (broad SMARTS) is 1. The number of aromatic nitrogens is 3. The van der Waals surface area contributed by atoms with Crippen LogP contribution in [0.2, 0.25) is 0 Å². The van der Waals surface area contributed by atoms with E-state index in [9.17, 15) is 19.1 Å². The molecule has 0 radical (unpaired) electrons. The molecule has 1 aromatic carbocycles. The van der Waals surface area contributed by atoms with Crippen molar-refractivity contribution < 1.29 is 14.3 Å². The SMILES string of the molecule is CNc1cc(F)cc2c1Cc1ncc(-c3cnc4c(c3)c(=O)c(C(=O)O)cn4C)c(N3CC[C@@H]4CCN(C)[C@@H]4C3)c1-2. The Bertz CT molecular complexity index is 1820. The van der Waals surface area contributed by atoms with Gasteiger partial charge in [0.05, 0.1) is 16.8 Å². The molecular formula is C31H31FN6O3. The maximum Gasteiger partial charge on any atom is 0.341 e. The number of benzene rings is 1. The van der Waals surface area contributed by atoms with Crippen LogP contribution in [0.3, 0.4) is 0 Å². The molecule has 3 aromatic heterocycles. The Morgan fingerprint density at radius 1 is 1.10 bits per heavy atom. The van der Waals surface area contributed by atoms with Crippen LogP contribution < -0.4 is 15.6 Å². The summed E-state index contributed by atoms with van der Waals surface area (Å²) in [7, 11) is 5.65. The van der Waals surface area contributed by atoms with Crippen LogP contribution in [0.15, 0.2) is 41.6 Å². The van der Waals surface area contributed by atoms with Gasteiger partial charge < -0.3 is 24.8 Å². The smallest absolute Gasteiger partial charge is 0.341 e. The van der Waals surface area contributed by atoms with Crippen molar-refractivity contribution >= 4 is 28.4 Å². The number of fused-ring (bicyclic) bond motifs is 5. The highest BCUT2D eigenvalue weighted by molar-refractivity contribution is 5.98. The molecule has 2 fully saturated rings. The zero-order chi connectivity index (χ0) is 28.6. The molecule has 0 bridgehead atoms. The number of aromatic carboxylic acids is 1. The lowest BCUT2D eigenvalue weighted by Gasteiger charge is -2.40. The standard InChI is InChI=1S/C31H31FN6O3/c1-33-24-10-18(32)9-20-19(24)11-25-27(20)28(38-7-5-16-4-6-36(2)26(16)15-38)22(13-34-25)17-8-21-29(39)23(31(40)41)14-37(3)30(21)35-12-17/h8-10,12-14,16,26,33H,4-7,11,15H2,1-3H3,(H,40,41)/t16-,26+/m0/s1. The van der Waals surface area contributed by atoms with Gasteiger partial charge in [-0.25, -0.2) is 14.2 Å². The Labute approximate surface area is 236 Å². The zero-order valence-corrected chi connectivity index (χ0v) is 23.2. The number of likely N-dealkylation sites (tertiary alicyclic amines) is 1. The average molecular weight is 555 g/mol. The number of hydrogen-bond donors (Lipinski definition) is 2. The van der Waals surface area contributed by atoms with Gasteiger partial charge in [-0.15, -0.1) is 0 Å². The molecular weight excluding hydrogens is 523 g/mol. The van der Waals surface area contributed by atoms with Crippen molar-refractivity contribution in [1.29, 1.82) is 0 Å². The summed E-state index contributed by atoms with van der Waals surface area (Å²) in [6.07, 6.45) is 7.68. The molecule has 2 aliphatic heterocycles. The third-order valence-corrected chi connectivity index (χ3v) is 9.24. The number of hydrogen-bond acceptors (Lipinski definition) is 7. The van der Waals surface area contributed by atoms with Crippen LogP contribution in [0.4, 0.5) is 15.8 Å². The van der Waals surface area contributed by atoms with Gasteiger partial charge in [0.1, 0.15) is 17.0 Å². The summed E-state index contributed by atoms with van der Waals surface area (Å²) in [6.45, 7) is 2.77. The van der Waals surface area contributed by atoms with E-state index >= 15 is 0 Å². The van der Waals surface area contributed by atoms with Crippen molar-refractivity contribution in [3.8, 4) is 22.3 Å². The van der Waals surface area contributed by atoms with Gasteiger partial charge in [0.25, 0.3) is 0 Å². The van der Waals surface area contributed by atoms with Crippen LogP contribution in [0.25, 0.3) is 33.3 Å². The topological polar surface area (TPSA) is 104 Å². The van der Waals surface area contributed by atoms with E-state index in [1.54, 1.807) is 37.0 Å². The van der Waals surface area contributed by atoms with Crippen molar-refractivity contribution in [2.24, 2.45) is 13.0 Å². The summed E-state index contributed by atoms with van der Waals surface area (Å²) in [5.41, 5.74) is 6.35. The zero-order valence-electron chi connectivity index (χ0n) is 23.2. The molecule has 10 heteroatoms. The Kier molecular flexibility index (Phi) is 5.86. The highest BCUT2D eigenvalue weighted by atomic mass is 19.1. The van der Waals surface area contributed by atoms with E-state index in [4.69, 9.17) is 4.98 Å². The lowest BCUT2D eigenvalue weighted by atomic mass is 9.90. The highest BCUT2D eigenvalue weighted by Crippen LogP contribution is 2.49. The summed E-state index contributed by atoms with van der Waals surface area (Å²) < 4.78 is 16.5. The summed E-state index contributed by atoms with van der Waals surface area (Å²) in [4.78, 5) is 39.3. The number of likely N-dealkylation sites (N-methyl/N-ethyl adjacent to an activating group) is 1. The fourth-order valence-corrected chi connectivity index (χ4v) is 7.16. The maximum absolute atomic E-state index is 14.9. The number of carboxylic acids is 1. The quantitative estimate of drug-likeness (QED) is 0.344. The second-order valence-electron chi connectivity index (χ2n) is 11.5. The molecule has 0 saturated carbocycles.